The van der Waals surface area contributed by atoms with Gasteiger partial charge in [-0.1, -0.05) is 46.8 Å². The normalized spacial score (nSPS) is 15.6. The molecular formula is C16H25N. The second-order valence-corrected chi connectivity index (χ2v) is 6.54. The van der Waals surface area contributed by atoms with Gasteiger partial charge in [0.25, 0.3) is 0 Å². The standard InChI is InChI=1S/C16H25N/c1-11(2)13-9-12-7-6-8-17-15(12)14(10-13)16(3,4)5/h9-11,17H,6-8H2,1-5H3. The fourth-order valence-corrected chi connectivity index (χ4v) is 2.55. The van der Waals surface area contributed by atoms with Crippen molar-refractivity contribution < 1.29 is 0 Å². The average molecular weight is 231 g/mol. The first-order chi connectivity index (χ1) is 7.89. The first-order valence-electron chi connectivity index (χ1n) is 6.81. The van der Waals surface area contributed by atoms with E-state index in [-0.39, 0.29) is 5.41 Å². The molecule has 1 aromatic rings. The summed E-state index contributed by atoms with van der Waals surface area (Å²) >= 11 is 0. The van der Waals surface area contributed by atoms with Crippen molar-refractivity contribution in [1.29, 1.82) is 0 Å². The smallest absolute Gasteiger partial charge is 0.0410 e. The monoisotopic (exact) mass is 231 g/mol. The summed E-state index contributed by atoms with van der Waals surface area (Å²) in [5, 5.41) is 3.60. The van der Waals surface area contributed by atoms with Crippen LogP contribution in [0.25, 0.3) is 0 Å². The Bertz CT molecular complexity index is 410. The van der Waals surface area contributed by atoms with Gasteiger partial charge in [-0.05, 0) is 40.9 Å². The Morgan fingerprint density at radius 2 is 1.88 bits per heavy atom. The number of hydrogen-bond acceptors (Lipinski definition) is 1. The molecule has 0 atom stereocenters. The van der Waals surface area contributed by atoms with E-state index >= 15 is 0 Å². The Morgan fingerprint density at radius 3 is 2.47 bits per heavy atom. The van der Waals surface area contributed by atoms with Crippen LogP contribution in [0.5, 0.6) is 0 Å². The minimum absolute atomic E-state index is 0.222. The second kappa shape index (κ2) is 4.36. The molecule has 0 fully saturated rings. The maximum atomic E-state index is 3.60. The minimum Gasteiger partial charge on any atom is -0.385 e. The molecule has 0 spiro atoms. The minimum atomic E-state index is 0.222. The van der Waals surface area contributed by atoms with Gasteiger partial charge in [-0.2, -0.15) is 0 Å². The van der Waals surface area contributed by atoms with Gasteiger partial charge in [0.2, 0.25) is 0 Å². The van der Waals surface area contributed by atoms with Crippen LogP contribution in [-0.2, 0) is 11.8 Å². The van der Waals surface area contributed by atoms with Crippen LogP contribution in [0, 0.1) is 0 Å². The summed E-state index contributed by atoms with van der Waals surface area (Å²) in [6.45, 7) is 12.6. The van der Waals surface area contributed by atoms with Gasteiger partial charge in [0.05, 0.1) is 0 Å². The first-order valence-corrected chi connectivity index (χ1v) is 6.81. The Kier molecular flexibility index (Phi) is 3.20. The van der Waals surface area contributed by atoms with Crippen molar-refractivity contribution in [2.24, 2.45) is 0 Å². The zero-order chi connectivity index (χ0) is 12.6. The van der Waals surface area contributed by atoms with E-state index in [1.165, 1.54) is 35.2 Å². The van der Waals surface area contributed by atoms with Crippen LogP contribution in [0.15, 0.2) is 12.1 Å². The van der Waals surface area contributed by atoms with Crippen molar-refractivity contribution in [1.82, 2.24) is 0 Å². The molecule has 1 aliphatic heterocycles. The number of aryl methyl sites for hydroxylation is 1. The lowest BCUT2D eigenvalue weighted by atomic mass is 9.80. The van der Waals surface area contributed by atoms with E-state index < -0.39 is 0 Å². The average Bonchev–Trinajstić information content (AvgIpc) is 2.26. The Hall–Kier alpha value is -0.980. The van der Waals surface area contributed by atoms with Gasteiger partial charge in [-0.15, -0.1) is 0 Å². The molecule has 0 aliphatic carbocycles. The van der Waals surface area contributed by atoms with Crippen molar-refractivity contribution in [3.05, 3.63) is 28.8 Å². The third kappa shape index (κ3) is 2.48. The highest BCUT2D eigenvalue weighted by molar-refractivity contribution is 5.63. The zero-order valence-electron chi connectivity index (χ0n) is 11.9. The Labute approximate surface area is 106 Å². The number of anilines is 1. The van der Waals surface area contributed by atoms with Crippen LogP contribution >= 0.6 is 0 Å². The van der Waals surface area contributed by atoms with E-state index in [4.69, 9.17) is 0 Å². The maximum Gasteiger partial charge on any atom is 0.0410 e. The van der Waals surface area contributed by atoms with Crippen LogP contribution in [0.3, 0.4) is 0 Å². The topological polar surface area (TPSA) is 12.0 Å². The van der Waals surface area contributed by atoms with Gasteiger partial charge in [-0.3, -0.25) is 0 Å². The van der Waals surface area contributed by atoms with E-state index in [9.17, 15) is 0 Å². The summed E-state index contributed by atoms with van der Waals surface area (Å²) in [5.74, 6) is 0.614. The van der Waals surface area contributed by atoms with Gasteiger partial charge in [0.15, 0.2) is 0 Å². The van der Waals surface area contributed by atoms with Gasteiger partial charge >= 0.3 is 0 Å². The van der Waals surface area contributed by atoms with E-state index in [1.54, 1.807) is 0 Å². The first kappa shape index (κ1) is 12.5. The lowest BCUT2D eigenvalue weighted by molar-refractivity contribution is 0.587. The van der Waals surface area contributed by atoms with Crippen LogP contribution in [0.1, 0.15) is 63.6 Å². The van der Waals surface area contributed by atoms with E-state index in [2.05, 4.69) is 52.1 Å². The maximum absolute atomic E-state index is 3.60. The van der Waals surface area contributed by atoms with Gasteiger partial charge < -0.3 is 5.32 Å². The van der Waals surface area contributed by atoms with Crippen molar-refractivity contribution in [2.75, 3.05) is 11.9 Å². The molecule has 0 aromatic heterocycles. The lowest BCUT2D eigenvalue weighted by Gasteiger charge is -2.30. The highest BCUT2D eigenvalue weighted by Gasteiger charge is 2.23. The van der Waals surface area contributed by atoms with E-state index in [0.29, 0.717) is 5.92 Å². The quantitative estimate of drug-likeness (QED) is 0.752. The molecule has 1 aromatic carbocycles. The fourth-order valence-electron chi connectivity index (χ4n) is 2.55. The Morgan fingerprint density at radius 1 is 1.18 bits per heavy atom. The van der Waals surface area contributed by atoms with Crippen LogP contribution < -0.4 is 5.32 Å². The summed E-state index contributed by atoms with van der Waals surface area (Å²) < 4.78 is 0. The number of hydrogen-bond donors (Lipinski definition) is 1. The molecule has 1 nitrogen and oxygen atoms in total. The molecule has 0 amide bonds. The molecule has 2 rings (SSSR count). The van der Waals surface area contributed by atoms with Gasteiger partial charge in [-0.25, -0.2) is 0 Å². The van der Waals surface area contributed by atoms with Crippen molar-refractivity contribution in [2.45, 2.75) is 58.8 Å². The molecule has 1 heterocycles. The number of rotatable bonds is 1. The molecule has 0 saturated heterocycles. The Balaban J connectivity index is 2.58. The van der Waals surface area contributed by atoms with E-state index in [1.807, 2.05) is 0 Å². The zero-order valence-corrected chi connectivity index (χ0v) is 11.9. The summed E-state index contributed by atoms with van der Waals surface area (Å²) in [6, 6.07) is 4.81. The molecule has 94 valence electrons. The third-order valence-electron chi connectivity index (χ3n) is 3.64. The molecule has 0 bridgehead atoms. The molecular weight excluding hydrogens is 206 g/mol. The molecule has 1 N–H and O–H groups in total. The van der Waals surface area contributed by atoms with Crippen LogP contribution in [0.2, 0.25) is 0 Å². The predicted octanol–water partition coefficient (Wildman–Crippen LogP) is 4.47. The lowest BCUT2D eigenvalue weighted by Crippen LogP contribution is -2.21. The summed E-state index contributed by atoms with van der Waals surface area (Å²) in [4.78, 5) is 0. The summed E-state index contributed by atoms with van der Waals surface area (Å²) in [7, 11) is 0. The molecule has 1 heteroatoms. The molecule has 0 radical (unpaired) electrons. The predicted molar refractivity (Wildman–Crippen MR) is 76.0 cm³/mol. The highest BCUT2D eigenvalue weighted by atomic mass is 14.9. The van der Waals surface area contributed by atoms with Crippen molar-refractivity contribution >= 4 is 5.69 Å². The molecule has 17 heavy (non-hydrogen) atoms. The van der Waals surface area contributed by atoms with Crippen LogP contribution in [-0.4, -0.2) is 6.54 Å². The van der Waals surface area contributed by atoms with Crippen LogP contribution in [0.4, 0.5) is 5.69 Å². The number of fused-ring (bicyclic) bond motifs is 1. The highest BCUT2D eigenvalue weighted by Crippen LogP contribution is 2.37. The number of benzene rings is 1. The summed E-state index contributed by atoms with van der Waals surface area (Å²) in [5.41, 5.74) is 6.12. The SMILES string of the molecule is CC(C)c1cc2c(c(C(C)(C)C)c1)NCCC2. The van der Waals surface area contributed by atoms with Gasteiger partial charge in [0, 0.05) is 12.2 Å². The van der Waals surface area contributed by atoms with E-state index in [0.717, 1.165) is 6.54 Å². The fraction of sp³-hybridized carbons (Fsp3) is 0.625. The largest absolute Gasteiger partial charge is 0.385 e. The van der Waals surface area contributed by atoms with Crippen molar-refractivity contribution in [3.8, 4) is 0 Å². The molecule has 0 unspecified atom stereocenters. The van der Waals surface area contributed by atoms with Crippen molar-refractivity contribution in [3.63, 3.8) is 0 Å². The summed E-state index contributed by atoms with van der Waals surface area (Å²) in [6.07, 6.45) is 2.49. The third-order valence-corrected chi connectivity index (χ3v) is 3.64. The second-order valence-electron chi connectivity index (χ2n) is 6.54. The molecule has 0 saturated carbocycles. The molecule has 1 aliphatic rings. The number of nitrogens with one attached hydrogen (secondary N) is 1. The van der Waals surface area contributed by atoms with Gasteiger partial charge in [0.1, 0.15) is 0 Å².